The van der Waals surface area contributed by atoms with Crippen molar-refractivity contribution < 1.29 is 23.9 Å². The van der Waals surface area contributed by atoms with Crippen molar-refractivity contribution in [3.63, 3.8) is 0 Å². The second-order valence-electron chi connectivity index (χ2n) is 13.9. The van der Waals surface area contributed by atoms with Crippen LogP contribution < -0.4 is 15.4 Å². The third-order valence-corrected chi connectivity index (χ3v) is 9.37. The number of ketones is 1. The fraction of sp³-hybridized carbons (Fsp3) is 0.667. The molecule has 1 aromatic carbocycles. The number of Topliss-reactive ketones (excluding diaryl/α,β-unsaturated/α-hetero) is 1. The van der Waals surface area contributed by atoms with Crippen LogP contribution in [0.4, 0.5) is 0 Å². The van der Waals surface area contributed by atoms with E-state index in [1.807, 2.05) is 20.8 Å². The number of benzene rings is 1. The number of ether oxygens (including phenoxy) is 1. The average molecular weight is 558 g/mol. The first-order valence-corrected chi connectivity index (χ1v) is 14.4. The molecule has 8 nitrogen and oxygen atoms in total. The Labute approximate surface area is 235 Å². The molecule has 0 bridgehead atoms. The molecule has 1 spiro atoms. The predicted octanol–water partition coefficient (Wildman–Crippen LogP) is 3.75. The third-order valence-electron chi connectivity index (χ3n) is 9.13. The van der Waals surface area contributed by atoms with Crippen LogP contribution in [0.2, 0.25) is 5.02 Å². The summed E-state index contributed by atoms with van der Waals surface area (Å²) in [5, 5.41) is 6.54. The van der Waals surface area contributed by atoms with Crippen molar-refractivity contribution in [2.45, 2.75) is 84.3 Å². The summed E-state index contributed by atoms with van der Waals surface area (Å²) < 4.78 is 5.71. The van der Waals surface area contributed by atoms with Crippen LogP contribution in [0.5, 0.6) is 5.75 Å². The summed E-state index contributed by atoms with van der Waals surface area (Å²) in [5.74, 6) is -0.350. The minimum absolute atomic E-state index is 0.0383. The Balaban J connectivity index is 1.32. The van der Waals surface area contributed by atoms with Gasteiger partial charge in [0.2, 0.25) is 17.7 Å². The molecule has 1 aromatic rings. The molecule has 4 fully saturated rings. The molecule has 212 valence electrons. The molecule has 3 amide bonds. The smallest absolute Gasteiger partial charge is 0.243 e. The van der Waals surface area contributed by atoms with E-state index in [4.69, 9.17) is 16.3 Å². The summed E-state index contributed by atoms with van der Waals surface area (Å²) >= 11 is 6.05. The van der Waals surface area contributed by atoms with Crippen molar-refractivity contribution >= 4 is 35.1 Å². The van der Waals surface area contributed by atoms with E-state index < -0.39 is 12.1 Å². The lowest BCUT2D eigenvalue weighted by atomic mass is 9.90. The Morgan fingerprint density at radius 3 is 2.56 bits per heavy atom. The third kappa shape index (κ3) is 5.81. The molecule has 0 radical (unpaired) electrons. The van der Waals surface area contributed by atoms with Gasteiger partial charge in [0.25, 0.3) is 0 Å². The molecule has 2 saturated carbocycles. The molecule has 1 unspecified atom stereocenters. The zero-order chi connectivity index (χ0) is 28.3. The number of hydrogen-bond acceptors (Lipinski definition) is 5. The molecule has 2 aliphatic heterocycles. The lowest BCUT2D eigenvalue weighted by Crippen LogP contribution is -2.54. The number of likely N-dealkylation sites (tertiary alicyclic amines) is 1. The van der Waals surface area contributed by atoms with Gasteiger partial charge in [0, 0.05) is 29.4 Å². The first-order chi connectivity index (χ1) is 18.2. The number of rotatable bonds is 9. The quantitative estimate of drug-likeness (QED) is 0.481. The van der Waals surface area contributed by atoms with Gasteiger partial charge in [0.15, 0.2) is 5.78 Å². The molecule has 2 heterocycles. The Kier molecular flexibility index (Phi) is 7.01. The zero-order valence-electron chi connectivity index (χ0n) is 23.5. The van der Waals surface area contributed by atoms with Crippen molar-refractivity contribution in [2.75, 3.05) is 13.2 Å². The second kappa shape index (κ2) is 9.79. The molecule has 2 N–H and O–H groups in total. The lowest BCUT2D eigenvalue weighted by molar-refractivity contribution is -0.142. The van der Waals surface area contributed by atoms with Crippen LogP contribution in [0, 0.1) is 28.6 Å². The SMILES string of the molecule is CC(C)(C)CC(=O)N1C[C@H]2[C@@H]([C@H]1C(=O)N[C@@H](CC1CC3(CC3)NC1=O)C(=O)COc1cccc(Cl)c1)C2(C)C. The molecule has 39 heavy (non-hydrogen) atoms. The minimum atomic E-state index is -0.901. The highest BCUT2D eigenvalue weighted by molar-refractivity contribution is 6.30. The van der Waals surface area contributed by atoms with Crippen LogP contribution in [0.25, 0.3) is 0 Å². The molecule has 5 rings (SSSR count). The second-order valence-corrected chi connectivity index (χ2v) is 14.3. The van der Waals surface area contributed by atoms with Gasteiger partial charge in [-0.05, 0) is 66.5 Å². The van der Waals surface area contributed by atoms with Crippen molar-refractivity contribution in [1.82, 2.24) is 15.5 Å². The van der Waals surface area contributed by atoms with E-state index in [1.165, 1.54) is 0 Å². The number of amides is 3. The van der Waals surface area contributed by atoms with Crippen LogP contribution in [0.15, 0.2) is 24.3 Å². The molecule has 0 aromatic heterocycles. The topological polar surface area (TPSA) is 105 Å². The van der Waals surface area contributed by atoms with Crippen LogP contribution in [0.3, 0.4) is 0 Å². The Morgan fingerprint density at radius 2 is 1.95 bits per heavy atom. The molecule has 2 saturated heterocycles. The van der Waals surface area contributed by atoms with Crippen molar-refractivity contribution in [2.24, 2.45) is 28.6 Å². The van der Waals surface area contributed by atoms with E-state index in [2.05, 4.69) is 24.5 Å². The van der Waals surface area contributed by atoms with Crippen molar-refractivity contribution in [1.29, 1.82) is 0 Å². The van der Waals surface area contributed by atoms with Gasteiger partial charge >= 0.3 is 0 Å². The maximum Gasteiger partial charge on any atom is 0.243 e. The highest BCUT2D eigenvalue weighted by Gasteiger charge is 2.69. The molecule has 4 aliphatic rings. The van der Waals surface area contributed by atoms with Crippen LogP contribution >= 0.6 is 11.6 Å². The first-order valence-electron chi connectivity index (χ1n) is 14.0. The number of hydrogen-bond donors (Lipinski definition) is 2. The summed E-state index contributed by atoms with van der Waals surface area (Å²) in [5.41, 5.74) is -0.381. The van der Waals surface area contributed by atoms with Crippen LogP contribution in [-0.4, -0.2) is 59.2 Å². The molecule has 2 aliphatic carbocycles. The Bertz CT molecular complexity index is 1190. The summed E-state index contributed by atoms with van der Waals surface area (Å²) in [6, 6.07) is 5.25. The summed E-state index contributed by atoms with van der Waals surface area (Å²) in [6.07, 6.45) is 3.11. The summed E-state index contributed by atoms with van der Waals surface area (Å²) in [6.45, 7) is 10.6. The van der Waals surface area contributed by atoms with E-state index in [-0.39, 0.29) is 70.7 Å². The van der Waals surface area contributed by atoms with Gasteiger partial charge in [-0.15, -0.1) is 0 Å². The average Bonchev–Trinajstić information content (AvgIpc) is 3.55. The summed E-state index contributed by atoms with van der Waals surface area (Å²) in [7, 11) is 0. The number of nitrogens with one attached hydrogen (secondary N) is 2. The number of halogens is 1. The van der Waals surface area contributed by atoms with Crippen LogP contribution in [0.1, 0.15) is 66.7 Å². The number of carbonyl (C=O) groups excluding carboxylic acids is 4. The fourth-order valence-corrected chi connectivity index (χ4v) is 6.85. The van der Waals surface area contributed by atoms with E-state index >= 15 is 0 Å². The minimum Gasteiger partial charge on any atom is -0.486 e. The van der Waals surface area contributed by atoms with E-state index in [9.17, 15) is 19.2 Å². The van der Waals surface area contributed by atoms with Gasteiger partial charge < -0.3 is 20.3 Å². The van der Waals surface area contributed by atoms with Gasteiger partial charge in [0.1, 0.15) is 18.4 Å². The Hall–Kier alpha value is -2.61. The summed E-state index contributed by atoms with van der Waals surface area (Å²) in [4.78, 5) is 55.0. The number of fused-ring (bicyclic) bond motifs is 1. The van der Waals surface area contributed by atoms with Gasteiger partial charge in [-0.3, -0.25) is 19.2 Å². The molecular weight excluding hydrogens is 518 g/mol. The van der Waals surface area contributed by atoms with Crippen molar-refractivity contribution in [3.05, 3.63) is 29.3 Å². The standard InChI is InChI=1S/C30H40ClN3O5/c1-28(2,3)14-23(36)34-15-20-24(29(20,4)5)25(34)27(38)32-21(11-17-13-30(9-10-30)33-26(17)37)22(35)16-39-19-8-6-7-18(31)12-19/h6-8,12,17,20-21,24-25H,9-11,13-16H2,1-5H3,(H,32,38)(H,33,37)/t17?,20-,21-,24-,25-/m0/s1. The van der Waals surface area contributed by atoms with Crippen LogP contribution in [-0.2, 0) is 19.2 Å². The fourth-order valence-electron chi connectivity index (χ4n) is 6.67. The lowest BCUT2D eigenvalue weighted by Gasteiger charge is -2.33. The molecule has 9 heteroatoms. The van der Waals surface area contributed by atoms with E-state index in [0.717, 1.165) is 12.8 Å². The van der Waals surface area contributed by atoms with Gasteiger partial charge in [-0.25, -0.2) is 0 Å². The molecular formula is C30H40ClN3O5. The highest BCUT2D eigenvalue weighted by atomic mass is 35.5. The van der Waals surface area contributed by atoms with E-state index in [0.29, 0.717) is 30.2 Å². The van der Waals surface area contributed by atoms with Gasteiger partial charge in [-0.2, -0.15) is 0 Å². The van der Waals surface area contributed by atoms with Crippen molar-refractivity contribution in [3.8, 4) is 5.75 Å². The maximum absolute atomic E-state index is 13.9. The number of nitrogens with zero attached hydrogens (tertiary/aromatic N) is 1. The maximum atomic E-state index is 13.9. The monoisotopic (exact) mass is 557 g/mol. The highest BCUT2D eigenvalue weighted by Crippen LogP contribution is 2.65. The predicted molar refractivity (Wildman–Crippen MR) is 147 cm³/mol. The first kappa shape index (κ1) is 27.9. The molecule has 5 atom stereocenters. The van der Waals surface area contributed by atoms with E-state index in [1.54, 1.807) is 29.2 Å². The van der Waals surface area contributed by atoms with Gasteiger partial charge in [0.05, 0.1) is 6.04 Å². The zero-order valence-corrected chi connectivity index (χ0v) is 24.3. The van der Waals surface area contributed by atoms with Gasteiger partial charge in [-0.1, -0.05) is 52.3 Å². The largest absolute Gasteiger partial charge is 0.486 e. The Morgan fingerprint density at radius 1 is 1.23 bits per heavy atom. The number of piperidine rings is 1. The number of carbonyl (C=O) groups is 4. The normalized spacial score (nSPS) is 28.5.